The van der Waals surface area contributed by atoms with Crippen LogP contribution < -0.4 is 5.32 Å². The Hall–Kier alpha value is -1.65. The smallest absolute Gasteiger partial charge is 0.254 e. The molecule has 0 amide bonds. The number of hydrogen-bond acceptors (Lipinski definition) is 4. The van der Waals surface area contributed by atoms with Gasteiger partial charge >= 0.3 is 0 Å². The predicted molar refractivity (Wildman–Crippen MR) is 79.8 cm³/mol. The SMILES string of the molecule is CCc1cc(NC2CCCCC2(C)C)n2ncnc2n1. The summed E-state index contributed by atoms with van der Waals surface area (Å²) >= 11 is 0. The molecule has 5 nitrogen and oxygen atoms in total. The lowest BCUT2D eigenvalue weighted by Crippen LogP contribution is -2.39. The van der Waals surface area contributed by atoms with Crippen molar-refractivity contribution in [2.24, 2.45) is 5.41 Å². The number of aromatic nitrogens is 4. The molecule has 0 radical (unpaired) electrons. The van der Waals surface area contributed by atoms with E-state index in [1.165, 1.54) is 25.7 Å². The van der Waals surface area contributed by atoms with E-state index in [4.69, 9.17) is 0 Å². The van der Waals surface area contributed by atoms with Crippen LogP contribution in [0, 0.1) is 5.41 Å². The van der Waals surface area contributed by atoms with Crippen molar-refractivity contribution in [2.45, 2.75) is 58.9 Å². The Kier molecular flexibility index (Phi) is 3.36. The number of anilines is 1. The molecular weight excluding hydrogens is 250 g/mol. The Morgan fingerprint density at radius 1 is 1.40 bits per heavy atom. The van der Waals surface area contributed by atoms with Crippen LogP contribution in [0.3, 0.4) is 0 Å². The highest BCUT2D eigenvalue weighted by Gasteiger charge is 2.32. The van der Waals surface area contributed by atoms with Crippen molar-refractivity contribution >= 4 is 11.6 Å². The number of fused-ring (bicyclic) bond motifs is 1. The molecule has 1 unspecified atom stereocenters. The molecule has 1 fully saturated rings. The minimum Gasteiger partial charge on any atom is -0.367 e. The molecule has 2 aromatic rings. The average Bonchev–Trinajstić information content (AvgIpc) is 2.89. The van der Waals surface area contributed by atoms with Crippen LogP contribution in [0.1, 0.15) is 52.1 Å². The number of nitrogens with one attached hydrogen (secondary N) is 1. The topological polar surface area (TPSA) is 55.1 Å². The minimum atomic E-state index is 0.320. The highest BCUT2D eigenvalue weighted by Crippen LogP contribution is 2.37. The molecule has 1 aliphatic carbocycles. The minimum absolute atomic E-state index is 0.320. The van der Waals surface area contributed by atoms with E-state index in [0.29, 0.717) is 17.2 Å². The zero-order valence-corrected chi connectivity index (χ0v) is 12.6. The van der Waals surface area contributed by atoms with Crippen molar-refractivity contribution < 1.29 is 0 Å². The van der Waals surface area contributed by atoms with E-state index in [1.54, 1.807) is 6.33 Å². The van der Waals surface area contributed by atoms with Crippen LogP contribution in [0.4, 0.5) is 5.82 Å². The fourth-order valence-corrected chi connectivity index (χ4v) is 3.09. The zero-order valence-electron chi connectivity index (χ0n) is 12.6. The lowest BCUT2D eigenvalue weighted by molar-refractivity contribution is 0.216. The summed E-state index contributed by atoms with van der Waals surface area (Å²) in [6, 6.07) is 2.59. The van der Waals surface area contributed by atoms with E-state index < -0.39 is 0 Å². The number of aryl methyl sites for hydroxylation is 1. The van der Waals surface area contributed by atoms with Crippen LogP contribution in [-0.2, 0) is 6.42 Å². The molecule has 1 N–H and O–H groups in total. The molecule has 0 bridgehead atoms. The molecule has 2 aromatic heterocycles. The molecule has 1 saturated carbocycles. The highest BCUT2D eigenvalue weighted by atomic mass is 15.4. The molecule has 108 valence electrons. The van der Waals surface area contributed by atoms with Crippen molar-refractivity contribution in [3.05, 3.63) is 18.1 Å². The fourth-order valence-electron chi connectivity index (χ4n) is 3.09. The first-order chi connectivity index (χ1) is 9.60. The predicted octanol–water partition coefficient (Wildman–Crippen LogP) is 3.07. The lowest BCUT2D eigenvalue weighted by Gasteiger charge is -2.39. The third-order valence-electron chi connectivity index (χ3n) is 4.50. The highest BCUT2D eigenvalue weighted by molar-refractivity contribution is 5.46. The van der Waals surface area contributed by atoms with Crippen molar-refractivity contribution in [3.63, 3.8) is 0 Å². The summed E-state index contributed by atoms with van der Waals surface area (Å²) in [4.78, 5) is 8.71. The third kappa shape index (κ3) is 2.37. The molecule has 1 atom stereocenters. The molecule has 0 aliphatic heterocycles. The summed E-state index contributed by atoms with van der Waals surface area (Å²) in [6.07, 6.45) is 7.60. The first-order valence-corrected chi connectivity index (χ1v) is 7.56. The van der Waals surface area contributed by atoms with Crippen molar-refractivity contribution in [1.29, 1.82) is 0 Å². The summed E-state index contributed by atoms with van der Waals surface area (Å²) in [5, 5.41) is 7.98. The van der Waals surface area contributed by atoms with Crippen molar-refractivity contribution in [3.8, 4) is 0 Å². The summed E-state index contributed by atoms with van der Waals surface area (Å²) in [5.74, 6) is 1.70. The number of hydrogen-bond donors (Lipinski definition) is 1. The van der Waals surface area contributed by atoms with Crippen LogP contribution in [-0.4, -0.2) is 25.6 Å². The maximum absolute atomic E-state index is 4.49. The van der Waals surface area contributed by atoms with Gasteiger partial charge in [-0.25, -0.2) is 4.98 Å². The van der Waals surface area contributed by atoms with Gasteiger partial charge in [-0.05, 0) is 24.7 Å². The first-order valence-electron chi connectivity index (χ1n) is 7.56. The van der Waals surface area contributed by atoms with E-state index in [2.05, 4.69) is 47.2 Å². The van der Waals surface area contributed by atoms with Gasteiger partial charge in [0.15, 0.2) is 0 Å². The Morgan fingerprint density at radius 2 is 2.25 bits per heavy atom. The molecular formula is C15H23N5. The van der Waals surface area contributed by atoms with Gasteiger partial charge in [0.25, 0.3) is 5.78 Å². The summed E-state index contributed by atoms with van der Waals surface area (Å²) in [7, 11) is 0. The van der Waals surface area contributed by atoms with Crippen molar-refractivity contribution in [2.75, 3.05) is 5.32 Å². The van der Waals surface area contributed by atoms with E-state index in [0.717, 1.165) is 17.9 Å². The molecule has 0 aromatic carbocycles. The van der Waals surface area contributed by atoms with Gasteiger partial charge in [-0.15, -0.1) is 0 Å². The summed E-state index contributed by atoms with van der Waals surface area (Å²) in [5.41, 5.74) is 1.38. The Bertz CT molecular complexity index is 601. The maximum Gasteiger partial charge on any atom is 0.254 e. The van der Waals surface area contributed by atoms with Crippen LogP contribution >= 0.6 is 0 Å². The number of nitrogens with zero attached hydrogens (tertiary/aromatic N) is 4. The molecule has 3 rings (SSSR count). The van der Waals surface area contributed by atoms with Crippen LogP contribution in [0.2, 0.25) is 0 Å². The molecule has 0 spiro atoms. The summed E-state index contributed by atoms with van der Waals surface area (Å²) in [6.45, 7) is 6.82. The Balaban J connectivity index is 1.95. The van der Waals surface area contributed by atoms with Crippen LogP contribution in [0.25, 0.3) is 5.78 Å². The fraction of sp³-hybridized carbons (Fsp3) is 0.667. The van der Waals surface area contributed by atoms with E-state index in [1.807, 2.05) is 4.52 Å². The van der Waals surface area contributed by atoms with Gasteiger partial charge in [-0.1, -0.05) is 33.6 Å². The van der Waals surface area contributed by atoms with Gasteiger partial charge in [-0.3, -0.25) is 0 Å². The Morgan fingerprint density at radius 3 is 3.00 bits per heavy atom. The van der Waals surface area contributed by atoms with Gasteiger partial charge in [0.2, 0.25) is 0 Å². The Labute approximate surface area is 119 Å². The largest absolute Gasteiger partial charge is 0.367 e. The average molecular weight is 273 g/mol. The first kappa shape index (κ1) is 13.3. The normalized spacial score (nSPS) is 22.1. The van der Waals surface area contributed by atoms with Crippen LogP contribution in [0.5, 0.6) is 0 Å². The van der Waals surface area contributed by atoms with Crippen molar-refractivity contribution in [1.82, 2.24) is 19.6 Å². The van der Waals surface area contributed by atoms with Gasteiger partial charge in [0.1, 0.15) is 12.1 Å². The molecule has 5 heteroatoms. The van der Waals surface area contributed by atoms with E-state index in [9.17, 15) is 0 Å². The lowest BCUT2D eigenvalue weighted by atomic mass is 9.73. The van der Waals surface area contributed by atoms with E-state index in [-0.39, 0.29) is 0 Å². The molecule has 0 saturated heterocycles. The van der Waals surface area contributed by atoms with Gasteiger partial charge in [0, 0.05) is 17.8 Å². The third-order valence-corrected chi connectivity index (χ3v) is 4.50. The van der Waals surface area contributed by atoms with Gasteiger partial charge in [0.05, 0.1) is 0 Å². The second-order valence-electron chi connectivity index (χ2n) is 6.39. The van der Waals surface area contributed by atoms with E-state index >= 15 is 0 Å². The second kappa shape index (κ2) is 5.04. The van der Waals surface area contributed by atoms with Gasteiger partial charge < -0.3 is 5.32 Å². The quantitative estimate of drug-likeness (QED) is 0.933. The monoisotopic (exact) mass is 273 g/mol. The molecule has 2 heterocycles. The van der Waals surface area contributed by atoms with Crippen LogP contribution in [0.15, 0.2) is 12.4 Å². The standard InChI is InChI=1S/C15H23N5/c1-4-11-9-13(20-14(18-11)16-10-17-20)19-12-7-5-6-8-15(12,2)3/h9-10,12,19H,4-8H2,1-3H3. The zero-order chi connectivity index (χ0) is 14.2. The molecule has 1 aliphatic rings. The number of rotatable bonds is 3. The second-order valence-corrected chi connectivity index (χ2v) is 6.39. The van der Waals surface area contributed by atoms with Gasteiger partial charge in [-0.2, -0.15) is 14.6 Å². The maximum atomic E-state index is 4.49. The summed E-state index contributed by atoms with van der Waals surface area (Å²) < 4.78 is 1.81. The molecule has 20 heavy (non-hydrogen) atoms.